The third kappa shape index (κ3) is 1.43. The molecule has 0 aliphatic rings. The van der Waals surface area contributed by atoms with Gasteiger partial charge in [0.2, 0.25) is 5.88 Å². The first-order valence-electron chi connectivity index (χ1n) is 4.16. The SMILES string of the molecule is CCC(C)(CC)c1snnc1O. The van der Waals surface area contributed by atoms with Gasteiger partial charge in [0, 0.05) is 5.41 Å². The Balaban J connectivity index is 3.02. The summed E-state index contributed by atoms with van der Waals surface area (Å²) in [7, 11) is 0. The van der Waals surface area contributed by atoms with Gasteiger partial charge in [-0.1, -0.05) is 30.4 Å². The molecule has 0 saturated heterocycles. The minimum Gasteiger partial charge on any atom is -0.491 e. The Hall–Kier alpha value is -0.640. The van der Waals surface area contributed by atoms with Crippen molar-refractivity contribution in [2.45, 2.75) is 39.0 Å². The van der Waals surface area contributed by atoms with E-state index in [4.69, 9.17) is 0 Å². The second-order valence-corrected chi connectivity index (χ2v) is 3.95. The first-order chi connectivity index (χ1) is 5.64. The number of hydrogen-bond donors (Lipinski definition) is 1. The predicted molar refractivity (Wildman–Crippen MR) is 49.5 cm³/mol. The summed E-state index contributed by atoms with van der Waals surface area (Å²) in [5, 5.41) is 13.0. The summed E-state index contributed by atoms with van der Waals surface area (Å²) in [6, 6.07) is 0. The molecule has 1 N–H and O–H groups in total. The fourth-order valence-corrected chi connectivity index (χ4v) is 1.97. The van der Waals surface area contributed by atoms with E-state index in [0.717, 1.165) is 17.7 Å². The van der Waals surface area contributed by atoms with Gasteiger partial charge >= 0.3 is 0 Å². The van der Waals surface area contributed by atoms with Crippen LogP contribution in [0.2, 0.25) is 0 Å². The zero-order valence-corrected chi connectivity index (χ0v) is 8.48. The summed E-state index contributed by atoms with van der Waals surface area (Å²) >= 11 is 1.29. The molecule has 68 valence electrons. The van der Waals surface area contributed by atoms with E-state index in [0.29, 0.717) is 0 Å². The van der Waals surface area contributed by atoms with Crippen LogP contribution in [0.4, 0.5) is 0 Å². The molecule has 0 aliphatic heterocycles. The molecule has 0 spiro atoms. The maximum Gasteiger partial charge on any atom is 0.247 e. The number of aromatic hydroxyl groups is 1. The smallest absolute Gasteiger partial charge is 0.247 e. The van der Waals surface area contributed by atoms with Crippen molar-refractivity contribution in [2.24, 2.45) is 0 Å². The fraction of sp³-hybridized carbons (Fsp3) is 0.750. The molecule has 3 nitrogen and oxygen atoms in total. The minimum atomic E-state index is 0.0399. The lowest BCUT2D eigenvalue weighted by molar-refractivity contribution is 0.395. The van der Waals surface area contributed by atoms with Crippen molar-refractivity contribution in [2.75, 3.05) is 0 Å². The zero-order chi connectivity index (χ0) is 9.19. The van der Waals surface area contributed by atoms with Gasteiger partial charge in [0.25, 0.3) is 0 Å². The lowest BCUT2D eigenvalue weighted by Gasteiger charge is -2.23. The quantitative estimate of drug-likeness (QED) is 0.788. The summed E-state index contributed by atoms with van der Waals surface area (Å²) in [6.07, 6.45) is 2.00. The van der Waals surface area contributed by atoms with Crippen LogP contribution in [0.5, 0.6) is 5.88 Å². The molecule has 1 aromatic heterocycles. The Labute approximate surface area is 76.6 Å². The monoisotopic (exact) mass is 186 g/mol. The van der Waals surface area contributed by atoms with E-state index in [1.807, 2.05) is 0 Å². The molecular formula is C8H14N2OS. The van der Waals surface area contributed by atoms with Crippen LogP contribution < -0.4 is 0 Å². The molecule has 0 aromatic carbocycles. The van der Waals surface area contributed by atoms with Crippen LogP contribution in [0.1, 0.15) is 38.5 Å². The van der Waals surface area contributed by atoms with Crippen molar-refractivity contribution in [3.05, 3.63) is 4.88 Å². The van der Waals surface area contributed by atoms with E-state index in [2.05, 4.69) is 30.4 Å². The van der Waals surface area contributed by atoms with E-state index in [1.54, 1.807) is 0 Å². The second-order valence-electron chi connectivity index (χ2n) is 3.19. The maximum atomic E-state index is 9.39. The lowest BCUT2D eigenvalue weighted by Crippen LogP contribution is -2.17. The van der Waals surface area contributed by atoms with Gasteiger partial charge in [-0.25, -0.2) is 0 Å². The number of hydrogen-bond acceptors (Lipinski definition) is 4. The lowest BCUT2D eigenvalue weighted by atomic mass is 9.83. The summed E-state index contributed by atoms with van der Waals surface area (Å²) < 4.78 is 3.73. The number of rotatable bonds is 3. The summed E-state index contributed by atoms with van der Waals surface area (Å²) in [5.74, 6) is 0.103. The van der Waals surface area contributed by atoms with E-state index >= 15 is 0 Å². The van der Waals surface area contributed by atoms with Crippen molar-refractivity contribution < 1.29 is 5.11 Å². The molecule has 4 heteroatoms. The molecule has 0 radical (unpaired) electrons. The summed E-state index contributed by atoms with van der Waals surface area (Å²) in [4.78, 5) is 0.910. The van der Waals surface area contributed by atoms with Gasteiger partial charge in [-0.15, -0.1) is 0 Å². The molecule has 0 aliphatic carbocycles. The molecule has 0 unspecified atom stereocenters. The van der Waals surface area contributed by atoms with E-state index < -0.39 is 0 Å². The van der Waals surface area contributed by atoms with Crippen LogP contribution >= 0.6 is 11.5 Å². The molecule has 0 atom stereocenters. The van der Waals surface area contributed by atoms with Gasteiger partial charge in [0.15, 0.2) is 0 Å². The molecule has 0 bridgehead atoms. The number of aromatic nitrogens is 2. The van der Waals surface area contributed by atoms with Gasteiger partial charge < -0.3 is 5.11 Å². The summed E-state index contributed by atoms with van der Waals surface area (Å²) in [5.41, 5.74) is 0.0399. The minimum absolute atomic E-state index is 0.0399. The molecule has 1 heterocycles. The van der Waals surface area contributed by atoms with E-state index in [-0.39, 0.29) is 11.3 Å². The highest BCUT2D eigenvalue weighted by Gasteiger charge is 2.28. The van der Waals surface area contributed by atoms with Crippen molar-refractivity contribution >= 4 is 11.5 Å². The predicted octanol–water partition coefficient (Wildman–Crippen LogP) is 2.32. The molecule has 1 rings (SSSR count). The van der Waals surface area contributed by atoms with E-state index in [9.17, 15) is 5.11 Å². The van der Waals surface area contributed by atoms with Crippen LogP contribution in [0.15, 0.2) is 0 Å². The van der Waals surface area contributed by atoms with Crippen LogP contribution in [0.25, 0.3) is 0 Å². The first kappa shape index (κ1) is 9.45. The average molecular weight is 186 g/mol. The summed E-state index contributed by atoms with van der Waals surface area (Å²) in [6.45, 7) is 6.35. The molecular weight excluding hydrogens is 172 g/mol. The van der Waals surface area contributed by atoms with Gasteiger partial charge in [0.1, 0.15) is 0 Å². The Morgan fingerprint density at radius 2 is 2.00 bits per heavy atom. The van der Waals surface area contributed by atoms with Crippen molar-refractivity contribution in [1.82, 2.24) is 9.59 Å². The molecule has 12 heavy (non-hydrogen) atoms. The van der Waals surface area contributed by atoms with E-state index in [1.165, 1.54) is 11.5 Å². The molecule has 0 amide bonds. The highest BCUT2D eigenvalue weighted by molar-refractivity contribution is 7.06. The first-order valence-corrected chi connectivity index (χ1v) is 4.93. The zero-order valence-electron chi connectivity index (χ0n) is 7.66. The van der Waals surface area contributed by atoms with Crippen LogP contribution in [0.3, 0.4) is 0 Å². The van der Waals surface area contributed by atoms with Gasteiger partial charge in [-0.05, 0) is 24.4 Å². The van der Waals surface area contributed by atoms with Gasteiger partial charge in [-0.2, -0.15) is 0 Å². The normalized spacial score (nSPS) is 11.9. The second kappa shape index (κ2) is 3.39. The third-order valence-electron chi connectivity index (χ3n) is 2.58. The Bertz CT molecular complexity index is 255. The van der Waals surface area contributed by atoms with Crippen molar-refractivity contribution in [3.63, 3.8) is 0 Å². The Morgan fingerprint density at radius 3 is 2.33 bits per heavy atom. The molecule has 0 fully saturated rings. The van der Waals surface area contributed by atoms with Crippen molar-refractivity contribution in [1.29, 1.82) is 0 Å². The van der Waals surface area contributed by atoms with Crippen LogP contribution in [0, 0.1) is 0 Å². The number of nitrogens with zero attached hydrogens (tertiary/aromatic N) is 2. The van der Waals surface area contributed by atoms with Gasteiger partial charge in [-0.3, -0.25) is 0 Å². The molecule has 1 aromatic rings. The topological polar surface area (TPSA) is 46.0 Å². The standard InChI is InChI=1S/C8H14N2OS/c1-4-8(3,5-2)6-7(11)9-10-12-6/h11H,4-5H2,1-3H3. The largest absolute Gasteiger partial charge is 0.491 e. The highest BCUT2D eigenvalue weighted by atomic mass is 32.1. The Kier molecular flexibility index (Phi) is 2.67. The van der Waals surface area contributed by atoms with Gasteiger partial charge in [0.05, 0.1) is 4.88 Å². The fourth-order valence-electron chi connectivity index (χ4n) is 1.14. The van der Waals surface area contributed by atoms with Crippen LogP contribution in [-0.2, 0) is 5.41 Å². The Morgan fingerprint density at radius 1 is 1.42 bits per heavy atom. The highest BCUT2D eigenvalue weighted by Crippen LogP contribution is 2.37. The average Bonchev–Trinajstić information content (AvgIpc) is 2.51. The van der Waals surface area contributed by atoms with Crippen LogP contribution in [-0.4, -0.2) is 14.7 Å². The maximum absolute atomic E-state index is 9.39. The van der Waals surface area contributed by atoms with Crippen molar-refractivity contribution in [3.8, 4) is 5.88 Å². The third-order valence-corrected chi connectivity index (χ3v) is 3.60. The molecule has 0 saturated carbocycles.